The van der Waals surface area contributed by atoms with E-state index in [1.54, 1.807) is 17.5 Å². The van der Waals surface area contributed by atoms with E-state index in [1.807, 2.05) is 13.8 Å². The van der Waals surface area contributed by atoms with Crippen molar-refractivity contribution in [2.24, 2.45) is 0 Å². The number of rotatable bonds is 7. The van der Waals surface area contributed by atoms with Crippen molar-refractivity contribution in [3.63, 3.8) is 0 Å². The van der Waals surface area contributed by atoms with E-state index in [-0.39, 0.29) is 30.0 Å². The van der Waals surface area contributed by atoms with Gasteiger partial charge in [0.15, 0.2) is 0 Å². The van der Waals surface area contributed by atoms with Gasteiger partial charge < -0.3 is 10.6 Å². The summed E-state index contributed by atoms with van der Waals surface area (Å²) in [5.74, 6) is -0.223. The summed E-state index contributed by atoms with van der Waals surface area (Å²) in [6, 6.07) is 6.30. The zero-order valence-corrected chi connectivity index (χ0v) is 14.9. The number of nitro groups is 1. The van der Waals surface area contributed by atoms with Crippen LogP contribution in [0.1, 0.15) is 24.3 Å². The van der Waals surface area contributed by atoms with Gasteiger partial charge in [-0.3, -0.25) is 14.9 Å². The minimum absolute atomic E-state index is 0. The second kappa shape index (κ2) is 9.31. The molecule has 0 aliphatic heterocycles. The Balaban J connectivity index is 0.00000288. The Morgan fingerprint density at radius 1 is 1.38 bits per heavy atom. The number of benzene rings is 1. The molecule has 2 N–H and O–H groups in total. The largest absolute Gasteiger partial charge is 0.349 e. The third kappa shape index (κ3) is 5.26. The van der Waals surface area contributed by atoms with Crippen LogP contribution in [0.25, 0.3) is 10.6 Å². The maximum absolute atomic E-state index is 12.1. The Labute approximate surface area is 150 Å². The summed E-state index contributed by atoms with van der Waals surface area (Å²) in [6.07, 6.45) is 0. The zero-order valence-electron chi connectivity index (χ0n) is 13.3. The monoisotopic (exact) mass is 370 g/mol. The van der Waals surface area contributed by atoms with Gasteiger partial charge in [0.1, 0.15) is 10.7 Å². The van der Waals surface area contributed by atoms with Crippen LogP contribution in [0.2, 0.25) is 0 Å². The van der Waals surface area contributed by atoms with Crippen molar-refractivity contribution in [2.75, 3.05) is 13.1 Å². The van der Waals surface area contributed by atoms with Crippen LogP contribution in [0, 0.1) is 10.1 Å². The number of aromatic nitrogens is 1. The minimum Gasteiger partial charge on any atom is -0.349 e. The maximum Gasteiger partial charge on any atom is 0.270 e. The van der Waals surface area contributed by atoms with E-state index >= 15 is 0 Å². The van der Waals surface area contributed by atoms with Crippen molar-refractivity contribution in [1.29, 1.82) is 0 Å². The number of hydrogen-bond donors (Lipinski definition) is 2. The lowest BCUT2D eigenvalue weighted by molar-refractivity contribution is -0.384. The van der Waals surface area contributed by atoms with Crippen LogP contribution >= 0.6 is 23.7 Å². The van der Waals surface area contributed by atoms with E-state index in [1.165, 1.54) is 23.5 Å². The molecule has 24 heavy (non-hydrogen) atoms. The fourth-order valence-electron chi connectivity index (χ4n) is 1.99. The minimum atomic E-state index is -0.448. The first kappa shape index (κ1) is 20.0. The Morgan fingerprint density at radius 2 is 2.04 bits per heavy atom. The first-order chi connectivity index (χ1) is 11.0. The molecule has 0 aliphatic carbocycles. The first-order valence-electron chi connectivity index (χ1n) is 7.23. The normalized spacial score (nSPS) is 11.4. The fourth-order valence-corrected chi connectivity index (χ4v) is 2.80. The van der Waals surface area contributed by atoms with Crippen molar-refractivity contribution >= 4 is 35.3 Å². The van der Waals surface area contributed by atoms with Crippen molar-refractivity contribution < 1.29 is 9.72 Å². The van der Waals surface area contributed by atoms with E-state index in [0.717, 1.165) is 12.1 Å². The molecule has 1 amide bonds. The summed E-state index contributed by atoms with van der Waals surface area (Å²) >= 11 is 1.33. The Hall–Kier alpha value is -2.03. The lowest BCUT2D eigenvalue weighted by Gasteiger charge is -2.12. The molecule has 1 atom stereocenters. The maximum atomic E-state index is 12.1. The summed E-state index contributed by atoms with van der Waals surface area (Å²) in [6.45, 7) is 5.37. The van der Waals surface area contributed by atoms with Gasteiger partial charge in [0.2, 0.25) is 0 Å². The van der Waals surface area contributed by atoms with E-state index < -0.39 is 4.92 Å². The number of thiazole rings is 1. The SMILES string of the molecule is CCN[C@H](C)CNC(=O)c1csc(-c2ccc([N+](=O)[O-])cc2)n1.Cl. The Morgan fingerprint density at radius 3 is 2.62 bits per heavy atom. The number of nitrogens with zero attached hydrogens (tertiary/aromatic N) is 2. The molecular formula is C15H19ClN4O3S. The molecule has 0 saturated heterocycles. The molecular weight excluding hydrogens is 352 g/mol. The van der Waals surface area contributed by atoms with Crippen LogP contribution in [-0.2, 0) is 0 Å². The summed E-state index contributed by atoms with van der Waals surface area (Å²) in [7, 11) is 0. The summed E-state index contributed by atoms with van der Waals surface area (Å²) in [5, 5.41) is 19.0. The zero-order chi connectivity index (χ0) is 16.8. The fraction of sp³-hybridized carbons (Fsp3) is 0.333. The quantitative estimate of drug-likeness (QED) is 0.577. The van der Waals surface area contributed by atoms with Crippen LogP contribution in [0.4, 0.5) is 5.69 Å². The predicted octanol–water partition coefficient (Wildman–Crippen LogP) is 2.87. The van der Waals surface area contributed by atoms with Gasteiger partial charge in [-0.15, -0.1) is 23.7 Å². The molecule has 0 fully saturated rings. The molecule has 2 aromatic rings. The van der Waals surface area contributed by atoms with Gasteiger partial charge in [-0.05, 0) is 25.6 Å². The number of carbonyl (C=O) groups is 1. The number of halogens is 1. The standard InChI is InChI=1S/C15H18N4O3S.ClH/c1-3-16-10(2)8-17-14(20)13-9-23-15(18-13)11-4-6-12(7-5-11)19(21)22;/h4-7,9-10,16H,3,8H2,1-2H3,(H,17,20);1H/t10-;/m1./s1. The smallest absolute Gasteiger partial charge is 0.270 e. The predicted molar refractivity (Wildman–Crippen MR) is 96.9 cm³/mol. The van der Waals surface area contributed by atoms with Gasteiger partial charge in [0, 0.05) is 35.7 Å². The van der Waals surface area contributed by atoms with Gasteiger partial charge in [0.05, 0.1) is 4.92 Å². The van der Waals surface area contributed by atoms with Gasteiger partial charge in [-0.2, -0.15) is 0 Å². The third-order valence-corrected chi connectivity index (χ3v) is 4.07. The third-order valence-electron chi connectivity index (χ3n) is 3.18. The highest BCUT2D eigenvalue weighted by molar-refractivity contribution is 7.13. The Kier molecular flexibility index (Phi) is 7.76. The van der Waals surface area contributed by atoms with Crippen LogP contribution < -0.4 is 10.6 Å². The van der Waals surface area contributed by atoms with E-state index in [0.29, 0.717) is 17.2 Å². The number of nitro benzene ring substituents is 1. The molecule has 0 saturated carbocycles. The summed E-state index contributed by atoms with van der Waals surface area (Å²) in [5.41, 5.74) is 1.13. The highest BCUT2D eigenvalue weighted by Crippen LogP contribution is 2.25. The van der Waals surface area contributed by atoms with Crippen molar-refractivity contribution in [3.05, 3.63) is 45.5 Å². The van der Waals surface area contributed by atoms with Gasteiger partial charge in [-0.25, -0.2) is 4.98 Å². The second-order valence-corrected chi connectivity index (χ2v) is 5.87. The molecule has 1 heterocycles. The van der Waals surface area contributed by atoms with Gasteiger partial charge in [0.25, 0.3) is 11.6 Å². The van der Waals surface area contributed by atoms with Crippen molar-refractivity contribution in [3.8, 4) is 10.6 Å². The molecule has 1 aromatic carbocycles. The molecule has 9 heteroatoms. The number of non-ortho nitro benzene ring substituents is 1. The van der Waals surface area contributed by atoms with E-state index in [4.69, 9.17) is 0 Å². The number of likely N-dealkylation sites (N-methyl/N-ethyl adjacent to an activating group) is 1. The van der Waals surface area contributed by atoms with Crippen molar-refractivity contribution in [1.82, 2.24) is 15.6 Å². The van der Waals surface area contributed by atoms with Crippen LogP contribution in [0.3, 0.4) is 0 Å². The molecule has 130 valence electrons. The summed E-state index contributed by atoms with van der Waals surface area (Å²) in [4.78, 5) is 26.6. The molecule has 0 radical (unpaired) electrons. The Bertz CT molecular complexity index is 690. The molecule has 2 rings (SSSR count). The molecule has 7 nitrogen and oxygen atoms in total. The average Bonchev–Trinajstić information content (AvgIpc) is 3.03. The second-order valence-electron chi connectivity index (χ2n) is 5.01. The molecule has 0 bridgehead atoms. The number of amides is 1. The topological polar surface area (TPSA) is 97.2 Å². The van der Waals surface area contributed by atoms with Crippen LogP contribution in [0.5, 0.6) is 0 Å². The van der Waals surface area contributed by atoms with Gasteiger partial charge >= 0.3 is 0 Å². The van der Waals surface area contributed by atoms with Crippen LogP contribution in [-0.4, -0.2) is 34.9 Å². The highest BCUT2D eigenvalue weighted by Gasteiger charge is 2.13. The first-order valence-corrected chi connectivity index (χ1v) is 8.11. The van der Waals surface area contributed by atoms with E-state index in [9.17, 15) is 14.9 Å². The van der Waals surface area contributed by atoms with Crippen molar-refractivity contribution in [2.45, 2.75) is 19.9 Å². The molecule has 0 aliphatic rings. The summed E-state index contributed by atoms with van der Waals surface area (Å²) < 4.78 is 0. The molecule has 0 unspecified atom stereocenters. The number of hydrogen-bond acceptors (Lipinski definition) is 6. The van der Waals surface area contributed by atoms with E-state index in [2.05, 4.69) is 15.6 Å². The lowest BCUT2D eigenvalue weighted by Crippen LogP contribution is -2.38. The lowest BCUT2D eigenvalue weighted by atomic mass is 10.2. The van der Waals surface area contributed by atoms with Gasteiger partial charge in [-0.1, -0.05) is 6.92 Å². The number of nitrogens with one attached hydrogen (secondary N) is 2. The number of carbonyl (C=O) groups excluding carboxylic acids is 1. The highest BCUT2D eigenvalue weighted by atomic mass is 35.5. The van der Waals surface area contributed by atoms with Crippen LogP contribution in [0.15, 0.2) is 29.6 Å². The average molecular weight is 371 g/mol. The molecule has 0 spiro atoms. The molecule has 1 aromatic heterocycles.